The summed E-state index contributed by atoms with van der Waals surface area (Å²) in [5, 5.41) is 0. The molecule has 1 aliphatic rings. The van der Waals surface area contributed by atoms with E-state index in [9.17, 15) is 17.6 Å². The van der Waals surface area contributed by atoms with Crippen LogP contribution in [0.25, 0.3) is 0 Å². The Morgan fingerprint density at radius 1 is 1.17 bits per heavy atom. The molecular formula is C22H26FNO4S. The highest BCUT2D eigenvalue weighted by atomic mass is 32.2. The number of nitrogens with zero attached hydrogens (tertiary/aromatic N) is 1. The maximum atomic E-state index is 13.9. The van der Waals surface area contributed by atoms with Gasteiger partial charge in [0.1, 0.15) is 0 Å². The van der Waals surface area contributed by atoms with Crippen LogP contribution in [0.3, 0.4) is 0 Å². The first-order valence-corrected chi connectivity index (χ1v) is 11.6. The molecule has 29 heavy (non-hydrogen) atoms. The number of hydrogen-bond acceptors (Lipinski definition) is 4. The Labute approximate surface area is 171 Å². The van der Waals surface area contributed by atoms with Gasteiger partial charge in [0.2, 0.25) is 0 Å². The summed E-state index contributed by atoms with van der Waals surface area (Å²) < 4.78 is 43.4. The number of ether oxygens (including phenoxy) is 1. The summed E-state index contributed by atoms with van der Waals surface area (Å²) in [6.45, 7) is 3.91. The van der Waals surface area contributed by atoms with Gasteiger partial charge < -0.3 is 9.64 Å². The molecule has 7 heteroatoms. The number of amides is 1. The lowest BCUT2D eigenvalue weighted by Gasteiger charge is -2.31. The maximum absolute atomic E-state index is 13.9. The van der Waals surface area contributed by atoms with Gasteiger partial charge in [-0.05, 0) is 43.0 Å². The normalized spacial score (nSPS) is 18.9. The average Bonchev–Trinajstić information content (AvgIpc) is 3.07. The maximum Gasteiger partial charge on any atom is 0.263 e. The molecule has 0 radical (unpaired) electrons. The van der Waals surface area contributed by atoms with Crippen molar-refractivity contribution in [2.24, 2.45) is 0 Å². The molecule has 156 valence electrons. The zero-order valence-electron chi connectivity index (χ0n) is 16.7. The van der Waals surface area contributed by atoms with Gasteiger partial charge in [-0.2, -0.15) is 0 Å². The Morgan fingerprint density at radius 2 is 1.83 bits per heavy atom. The monoisotopic (exact) mass is 419 g/mol. The van der Waals surface area contributed by atoms with E-state index in [0.717, 1.165) is 12.0 Å². The van der Waals surface area contributed by atoms with E-state index in [2.05, 4.69) is 6.92 Å². The van der Waals surface area contributed by atoms with Crippen molar-refractivity contribution >= 4 is 15.7 Å². The molecule has 1 amide bonds. The largest absolute Gasteiger partial charge is 0.478 e. The predicted molar refractivity (Wildman–Crippen MR) is 110 cm³/mol. The number of carbonyl (C=O) groups is 1. The van der Waals surface area contributed by atoms with Gasteiger partial charge in [0, 0.05) is 12.6 Å². The van der Waals surface area contributed by atoms with Crippen LogP contribution in [0.4, 0.5) is 4.39 Å². The zero-order valence-corrected chi connectivity index (χ0v) is 17.5. The molecule has 0 N–H and O–H groups in total. The van der Waals surface area contributed by atoms with E-state index in [1.54, 1.807) is 24.0 Å². The van der Waals surface area contributed by atoms with E-state index in [0.29, 0.717) is 6.42 Å². The molecular weight excluding hydrogens is 393 g/mol. The minimum Gasteiger partial charge on any atom is -0.478 e. The summed E-state index contributed by atoms with van der Waals surface area (Å²) in [6, 6.07) is 13.4. The third-order valence-corrected chi connectivity index (χ3v) is 6.95. The van der Waals surface area contributed by atoms with Crippen LogP contribution in [0.5, 0.6) is 5.75 Å². The smallest absolute Gasteiger partial charge is 0.263 e. The van der Waals surface area contributed by atoms with Crippen LogP contribution in [-0.4, -0.2) is 42.9 Å². The molecule has 0 spiro atoms. The lowest BCUT2D eigenvalue weighted by atomic mass is 10.1. The van der Waals surface area contributed by atoms with Gasteiger partial charge in [-0.1, -0.05) is 43.3 Å². The number of hydrogen-bond donors (Lipinski definition) is 0. The number of benzene rings is 2. The molecule has 0 unspecified atom stereocenters. The van der Waals surface area contributed by atoms with Crippen LogP contribution < -0.4 is 4.74 Å². The second-order valence-corrected chi connectivity index (χ2v) is 9.61. The zero-order chi connectivity index (χ0) is 21.0. The number of halogens is 1. The van der Waals surface area contributed by atoms with Crippen molar-refractivity contribution in [2.45, 2.75) is 45.4 Å². The summed E-state index contributed by atoms with van der Waals surface area (Å²) in [4.78, 5) is 14.7. The number of carbonyl (C=O) groups excluding carboxylic acids is 1. The van der Waals surface area contributed by atoms with E-state index >= 15 is 0 Å². The fourth-order valence-corrected chi connectivity index (χ4v) is 5.23. The number of sulfone groups is 1. The van der Waals surface area contributed by atoms with Crippen molar-refractivity contribution in [3.63, 3.8) is 0 Å². The van der Waals surface area contributed by atoms with Crippen molar-refractivity contribution in [3.8, 4) is 5.75 Å². The highest BCUT2D eigenvalue weighted by Crippen LogP contribution is 2.23. The van der Waals surface area contributed by atoms with E-state index in [1.807, 2.05) is 24.3 Å². The van der Waals surface area contributed by atoms with Crippen LogP contribution in [0.15, 0.2) is 48.5 Å². The van der Waals surface area contributed by atoms with Crippen molar-refractivity contribution in [1.29, 1.82) is 0 Å². The molecule has 1 aliphatic heterocycles. The highest BCUT2D eigenvalue weighted by Gasteiger charge is 2.36. The van der Waals surface area contributed by atoms with Gasteiger partial charge in [0.05, 0.1) is 11.5 Å². The molecule has 3 rings (SSSR count). The molecule has 0 bridgehead atoms. The Morgan fingerprint density at radius 3 is 2.41 bits per heavy atom. The number of rotatable bonds is 7. The standard InChI is InChI=1S/C22H26FNO4S/c1-3-17-8-10-18(11-9-17)14-24(19-12-13-29(26,27)15-19)22(25)16(2)28-21-7-5-4-6-20(21)23/h4-11,16,19H,3,12-15H2,1-2H3/t16-,19-/m1/s1. The topological polar surface area (TPSA) is 63.7 Å². The van der Waals surface area contributed by atoms with Crippen LogP contribution in [0.2, 0.25) is 0 Å². The molecule has 0 aromatic heterocycles. The molecule has 2 aromatic carbocycles. The lowest BCUT2D eigenvalue weighted by molar-refractivity contribution is -0.140. The van der Waals surface area contributed by atoms with Crippen molar-refractivity contribution in [3.05, 3.63) is 65.5 Å². The first-order chi connectivity index (χ1) is 13.8. The quantitative estimate of drug-likeness (QED) is 0.690. The number of para-hydroxylation sites is 1. The van der Waals surface area contributed by atoms with Gasteiger partial charge >= 0.3 is 0 Å². The van der Waals surface area contributed by atoms with Gasteiger partial charge in [-0.25, -0.2) is 12.8 Å². The van der Waals surface area contributed by atoms with Crippen LogP contribution in [-0.2, 0) is 27.6 Å². The van der Waals surface area contributed by atoms with E-state index < -0.39 is 27.8 Å². The fourth-order valence-electron chi connectivity index (χ4n) is 3.50. The van der Waals surface area contributed by atoms with E-state index in [4.69, 9.17) is 4.74 Å². The molecule has 1 heterocycles. The van der Waals surface area contributed by atoms with Crippen LogP contribution in [0, 0.1) is 5.82 Å². The molecule has 1 fully saturated rings. The molecule has 0 saturated carbocycles. The average molecular weight is 420 g/mol. The van der Waals surface area contributed by atoms with E-state index in [-0.39, 0.29) is 29.7 Å². The van der Waals surface area contributed by atoms with Crippen LogP contribution >= 0.6 is 0 Å². The summed E-state index contributed by atoms with van der Waals surface area (Å²) in [5.41, 5.74) is 2.10. The predicted octanol–water partition coefficient (Wildman–Crippen LogP) is 3.37. The minimum atomic E-state index is -3.16. The molecule has 0 aliphatic carbocycles. The second-order valence-electron chi connectivity index (χ2n) is 7.38. The molecule has 1 saturated heterocycles. The molecule has 2 atom stereocenters. The Balaban J connectivity index is 1.81. The van der Waals surface area contributed by atoms with E-state index in [1.165, 1.54) is 17.7 Å². The van der Waals surface area contributed by atoms with Gasteiger partial charge in [-0.3, -0.25) is 4.79 Å². The molecule has 2 aromatic rings. The Kier molecular flexibility index (Phi) is 6.57. The van der Waals surface area contributed by atoms with Crippen molar-refractivity contribution in [1.82, 2.24) is 4.90 Å². The Hall–Kier alpha value is -2.41. The van der Waals surface area contributed by atoms with Crippen molar-refractivity contribution in [2.75, 3.05) is 11.5 Å². The minimum absolute atomic E-state index is 0.000331. The third-order valence-electron chi connectivity index (χ3n) is 5.20. The SMILES string of the molecule is CCc1ccc(CN(C(=O)[C@@H](C)Oc2ccccc2F)[C@@H]2CCS(=O)(=O)C2)cc1. The molecule has 5 nitrogen and oxygen atoms in total. The summed E-state index contributed by atoms with van der Waals surface area (Å²) in [7, 11) is -3.16. The summed E-state index contributed by atoms with van der Waals surface area (Å²) in [5.74, 6) is -0.886. The Bertz CT molecular complexity index is 959. The van der Waals surface area contributed by atoms with Crippen LogP contribution in [0.1, 0.15) is 31.4 Å². The summed E-state index contributed by atoms with van der Waals surface area (Å²) >= 11 is 0. The fraction of sp³-hybridized carbons (Fsp3) is 0.409. The number of aryl methyl sites for hydroxylation is 1. The van der Waals surface area contributed by atoms with Gasteiger partial charge in [0.25, 0.3) is 5.91 Å². The lowest BCUT2D eigenvalue weighted by Crippen LogP contribution is -2.46. The second kappa shape index (κ2) is 8.95. The first kappa shape index (κ1) is 21.3. The highest BCUT2D eigenvalue weighted by molar-refractivity contribution is 7.91. The van der Waals surface area contributed by atoms with Gasteiger partial charge in [-0.15, -0.1) is 0 Å². The van der Waals surface area contributed by atoms with Crippen molar-refractivity contribution < 1.29 is 22.3 Å². The third kappa shape index (κ3) is 5.35. The summed E-state index contributed by atoms with van der Waals surface area (Å²) in [6.07, 6.45) is 0.371. The van der Waals surface area contributed by atoms with Gasteiger partial charge in [0.15, 0.2) is 27.5 Å². The first-order valence-electron chi connectivity index (χ1n) is 9.79.